The van der Waals surface area contributed by atoms with E-state index in [1.807, 2.05) is 15.7 Å². The van der Waals surface area contributed by atoms with Crippen molar-refractivity contribution in [2.24, 2.45) is 5.92 Å². The smallest absolute Gasteiger partial charge is 0.262 e. The second-order valence-electron chi connectivity index (χ2n) is 7.03. The quantitative estimate of drug-likeness (QED) is 0.826. The molecule has 0 aliphatic carbocycles. The van der Waals surface area contributed by atoms with Crippen LogP contribution in [0, 0.1) is 5.92 Å². The number of hydrogen-bond donors (Lipinski definition) is 2. The number of hydrogen-bond acceptors (Lipinski definition) is 5. The van der Waals surface area contributed by atoms with Crippen LogP contribution < -0.4 is 15.4 Å². The van der Waals surface area contributed by atoms with Crippen LogP contribution in [0.2, 0.25) is 0 Å². The average molecular weight is 399 g/mol. The first-order chi connectivity index (χ1) is 13.6. The maximum atomic E-state index is 12.9. The molecule has 1 fully saturated rings. The molecule has 4 rings (SSSR count). The fourth-order valence-corrected chi connectivity index (χ4v) is 4.18. The molecule has 146 valence electrons. The molecular formula is C20H21N3O4S. The first-order valence-electron chi connectivity index (χ1n) is 9.26. The van der Waals surface area contributed by atoms with Crippen LogP contribution in [-0.2, 0) is 4.79 Å². The molecule has 8 heteroatoms. The van der Waals surface area contributed by atoms with Crippen LogP contribution in [-0.4, -0.2) is 48.9 Å². The number of piperidine rings is 1. The number of carbonyl (C=O) groups is 3. The van der Waals surface area contributed by atoms with E-state index in [0.29, 0.717) is 42.2 Å². The molecule has 0 bridgehead atoms. The minimum absolute atomic E-state index is 0.0414. The second kappa shape index (κ2) is 8.02. The van der Waals surface area contributed by atoms with E-state index in [4.69, 9.17) is 4.74 Å². The van der Waals surface area contributed by atoms with Crippen LogP contribution in [0.15, 0.2) is 35.0 Å². The number of ether oxygens (including phenoxy) is 1. The van der Waals surface area contributed by atoms with Crippen LogP contribution in [0.25, 0.3) is 0 Å². The van der Waals surface area contributed by atoms with Crippen molar-refractivity contribution in [2.75, 3.05) is 31.6 Å². The van der Waals surface area contributed by atoms with E-state index in [2.05, 4.69) is 10.6 Å². The van der Waals surface area contributed by atoms with Gasteiger partial charge in [-0.1, -0.05) is 0 Å². The number of benzene rings is 1. The number of carbonyl (C=O) groups excluding carboxylic acids is 3. The molecule has 1 aromatic heterocycles. The van der Waals surface area contributed by atoms with Gasteiger partial charge in [-0.25, -0.2) is 0 Å². The summed E-state index contributed by atoms with van der Waals surface area (Å²) in [7, 11) is 0. The highest BCUT2D eigenvalue weighted by molar-refractivity contribution is 7.08. The number of nitrogens with one attached hydrogen (secondary N) is 2. The highest BCUT2D eigenvalue weighted by Crippen LogP contribution is 2.29. The van der Waals surface area contributed by atoms with Gasteiger partial charge in [0.1, 0.15) is 5.75 Å². The van der Waals surface area contributed by atoms with Crippen molar-refractivity contribution in [1.29, 1.82) is 0 Å². The Morgan fingerprint density at radius 3 is 3.00 bits per heavy atom. The molecule has 7 nitrogen and oxygen atoms in total. The molecule has 2 aliphatic rings. The average Bonchev–Trinajstić information content (AvgIpc) is 3.26. The van der Waals surface area contributed by atoms with E-state index in [1.165, 1.54) is 11.3 Å². The van der Waals surface area contributed by atoms with Crippen LogP contribution in [0.1, 0.15) is 33.6 Å². The Balaban J connectivity index is 1.37. The predicted octanol–water partition coefficient (Wildman–Crippen LogP) is 2.36. The topological polar surface area (TPSA) is 87.7 Å². The Labute approximate surface area is 166 Å². The summed E-state index contributed by atoms with van der Waals surface area (Å²) in [5.41, 5.74) is 1.80. The number of fused-ring (bicyclic) bond motifs is 1. The summed E-state index contributed by atoms with van der Waals surface area (Å²) in [6, 6.07) is 6.89. The maximum Gasteiger partial charge on any atom is 0.262 e. The molecule has 3 heterocycles. The maximum absolute atomic E-state index is 12.9. The third kappa shape index (κ3) is 4.01. The fraction of sp³-hybridized carbons (Fsp3) is 0.350. The van der Waals surface area contributed by atoms with Gasteiger partial charge in [0, 0.05) is 36.1 Å². The van der Waals surface area contributed by atoms with Gasteiger partial charge in [0.15, 0.2) is 6.61 Å². The van der Waals surface area contributed by atoms with E-state index in [1.54, 1.807) is 24.3 Å². The molecule has 0 radical (unpaired) electrons. The first-order valence-corrected chi connectivity index (χ1v) is 10.2. The highest BCUT2D eigenvalue weighted by Gasteiger charge is 2.26. The van der Waals surface area contributed by atoms with Gasteiger partial charge < -0.3 is 20.3 Å². The minimum Gasteiger partial charge on any atom is -0.482 e. The third-order valence-electron chi connectivity index (χ3n) is 5.00. The molecule has 3 amide bonds. The number of anilines is 1. The van der Waals surface area contributed by atoms with Crippen molar-refractivity contribution in [2.45, 2.75) is 12.8 Å². The number of amides is 3. The van der Waals surface area contributed by atoms with E-state index in [-0.39, 0.29) is 30.2 Å². The van der Waals surface area contributed by atoms with Crippen molar-refractivity contribution in [3.05, 3.63) is 46.2 Å². The van der Waals surface area contributed by atoms with Gasteiger partial charge >= 0.3 is 0 Å². The molecule has 0 spiro atoms. The summed E-state index contributed by atoms with van der Waals surface area (Å²) in [6.45, 7) is 1.82. The summed E-state index contributed by atoms with van der Waals surface area (Å²) in [6.07, 6.45) is 1.88. The summed E-state index contributed by atoms with van der Waals surface area (Å²) >= 11 is 1.49. The molecule has 1 aromatic carbocycles. The summed E-state index contributed by atoms with van der Waals surface area (Å²) in [5.74, 6) is 0.418. The fourth-order valence-electron chi connectivity index (χ4n) is 3.54. The lowest BCUT2D eigenvalue weighted by Gasteiger charge is -2.33. The van der Waals surface area contributed by atoms with Crippen LogP contribution in [0.4, 0.5) is 5.69 Å². The predicted molar refractivity (Wildman–Crippen MR) is 106 cm³/mol. The summed E-state index contributed by atoms with van der Waals surface area (Å²) in [4.78, 5) is 38.2. The molecule has 0 saturated carbocycles. The molecule has 1 atom stereocenters. The molecule has 1 unspecified atom stereocenters. The molecule has 2 aliphatic heterocycles. The van der Waals surface area contributed by atoms with Crippen molar-refractivity contribution in [3.8, 4) is 5.75 Å². The lowest BCUT2D eigenvalue weighted by atomic mass is 9.97. The highest BCUT2D eigenvalue weighted by atomic mass is 32.1. The third-order valence-corrected chi connectivity index (χ3v) is 5.69. The van der Waals surface area contributed by atoms with Crippen molar-refractivity contribution >= 4 is 34.7 Å². The Bertz CT molecular complexity index is 897. The number of nitrogens with zero attached hydrogens (tertiary/aromatic N) is 1. The normalized spacial score (nSPS) is 18.6. The van der Waals surface area contributed by atoms with E-state index in [9.17, 15) is 14.4 Å². The lowest BCUT2D eigenvalue weighted by Crippen LogP contribution is -2.43. The van der Waals surface area contributed by atoms with Gasteiger partial charge in [-0.15, -0.1) is 0 Å². The van der Waals surface area contributed by atoms with Gasteiger partial charge in [0.2, 0.25) is 0 Å². The zero-order valence-electron chi connectivity index (χ0n) is 15.3. The summed E-state index contributed by atoms with van der Waals surface area (Å²) in [5, 5.41) is 9.40. The zero-order chi connectivity index (χ0) is 19.5. The van der Waals surface area contributed by atoms with Crippen molar-refractivity contribution in [3.63, 3.8) is 0 Å². The molecule has 2 N–H and O–H groups in total. The largest absolute Gasteiger partial charge is 0.482 e. The van der Waals surface area contributed by atoms with Crippen molar-refractivity contribution in [1.82, 2.24) is 10.2 Å². The molecular weight excluding hydrogens is 378 g/mol. The van der Waals surface area contributed by atoms with Crippen LogP contribution in [0.3, 0.4) is 0 Å². The Morgan fingerprint density at radius 1 is 1.29 bits per heavy atom. The standard InChI is InChI=1S/C20H21N3O4S/c24-18-11-27-17-8-14(3-4-16(17)22-18)20(26)23-6-1-2-13(10-23)9-21-19(25)15-5-7-28-12-15/h3-5,7-8,12-13H,1-2,6,9-11H2,(H,21,25)(H,22,24). The van der Waals surface area contributed by atoms with E-state index < -0.39 is 0 Å². The molecule has 1 saturated heterocycles. The number of rotatable bonds is 4. The van der Waals surface area contributed by atoms with E-state index in [0.717, 1.165) is 12.8 Å². The molecule has 2 aromatic rings. The molecule has 28 heavy (non-hydrogen) atoms. The SMILES string of the molecule is O=C1COc2cc(C(=O)N3CCCC(CNC(=O)c4ccsc4)C3)ccc2N1. The van der Waals surface area contributed by atoms with Crippen LogP contribution in [0.5, 0.6) is 5.75 Å². The van der Waals surface area contributed by atoms with Crippen molar-refractivity contribution < 1.29 is 19.1 Å². The Hall–Kier alpha value is -2.87. The van der Waals surface area contributed by atoms with Gasteiger partial charge in [0.05, 0.1) is 5.69 Å². The first kappa shape index (κ1) is 18.5. The Kier molecular flexibility index (Phi) is 5.29. The Morgan fingerprint density at radius 2 is 2.18 bits per heavy atom. The van der Waals surface area contributed by atoms with Gasteiger partial charge in [0.25, 0.3) is 17.7 Å². The van der Waals surface area contributed by atoms with Crippen LogP contribution >= 0.6 is 11.3 Å². The van der Waals surface area contributed by atoms with E-state index >= 15 is 0 Å². The minimum atomic E-state index is -0.199. The monoisotopic (exact) mass is 399 g/mol. The second-order valence-corrected chi connectivity index (χ2v) is 7.81. The number of likely N-dealkylation sites (tertiary alicyclic amines) is 1. The van der Waals surface area contributed by atoms with Gasteiger partial charge in [-0.2, -0.15) is 11.3 Å². The zero-order valence-corrected chi connectivity index (χ0v) is 16.1. The van der Waals surface area contributed by atoms with Gasteiger partial charge in [-0.05, 0) is 48.4 Å². The lowest BCUT2D eigenvalue weighted by molar-refractivity contribution is -0.118. The summed E-state index contributed by atoms with van der Waals surface area (Å²) < 4.78 is 5.41. The number of thiophene rings is 1. The van der Waals surface area contributed by atoms with Gasteiger partial charge in [-0.3, -0.25) is 14.4 Å².